The Morgan fingerprint density at radius 3 is 2.83 bits per heavy atom. The van der Waals surface area contributed by atoms with Crippen molar-refractivity contribution in [1.29, 1.82) is 0 Å². The average Bonchev–Trinajstić information content (AvgIpc) is 2.92. The van der Waals surface area contributed by atoms with E-state index in [9.17, 15) is 0 Å². The Labute approximate surface area is 139 Å². The highest BCUT2D eigenvalue weighted by Gasteiger charge is 2.19. The molecule has 5 heteroatoms. The van der Waals surface area contributed by atoms with E-state index in [1.54, 1.807) is 0 Å². The maximum atomic E-state index is 4.49. The van der Waals surface area contributed by atoms with Crippen molar-refractivity contribution in [3.8, 4) is 0 Å². The van der Waals surface area contributed by atoms with Gasteiger partial charge in [0, 0.05) is 18.9 Å². The van der Waals surface area contributed by atoms with Crippen LogP contribution in [-0.2, 0) is 0 Å². The molecule has 0 aliphatic carbocycles. The van der Waals surface area contributed by atoms with Crippen LogP contribution in [0, 0.1) is 18.8 Å². The molecule has 5 nitrogen and oxygen atoms in total. The minimum atomic E-state index is 0.747. The molecule has 1 aliphatic rings. The van der Waals surface area contributed by atoms with Gasteiger partial charge in [0.05, 0.1) is 5.69 Å². The van der Waals surface area contributed by atoms with Gasteiger partial charge in [0.25, 0.3) is 0 Å². The molecule has 1 N–H and O–H groups in total. The SMILES string of the molecule is Cc1cc2c(NCC3CCN(CCC(C)C)CC3)nccn2n1. The third kappa shape index (κ3) is 4.22. The first-order valence-corrected chi connectivity index (χ1v) is 8.89. The van der Waals surface area contributed by atoms with E-state index in [0.29, 0.717) is 0 Å². The number of hydrogen-bond acceptors (Lipinski definition) is 4. The summed E-state index contributed by atoms with van der Waals surface area (Å²) in [5, 5.41) is 7.99. The molecular weight excluding hydrogens is 286 g/mol. The molecule has 0 atom stereocenters. The van der Waals surface area contributed by atoms with Crippen molar-refractivity contribution in [1.82, 2.24) is 19.5 Å². The lowest BCUT2D eigenvalue weighted by atomic mass is 9.96. The zero-order valence-corrected chi connectivity index (χ0v) is 14.6. The molecular formula is C18H29N5. The highest BCUT2D eigenvalue weighted by molar-refractivity contribution is 5.67. The largest absolute Gasteiger partial charge is 0.368 e. The Morgan fingerprint density at radius 2 is 2.09 bits per heavy atom. The van der Waals surface area contributed by atoms with Crippen molar-refractivity contribution < 1.29 is 0 Å². The summed E-state index contributed by atoms with van der Waals surface area (Å²) in [5.41, 5.74) is 2.10. The highest BCUT2D eigenvalue weighted by Crippen LogP contribution is 2.20. The number of aromatic nitrogens is 3. The summed E-state index contributed by atoms with van der Waals surface area (Å²) in [6, 6.07) is 2.09. The fourth-order valence-electron chi connectivity index (χ4n) is 3.28. The zero-order valence-electron chi connectivity index (χ0n) is 14.6. The first-order chi connectivity index (χ1) is 11.1. The standard InChI is InChI=1S/C18H29N5/c1-14(2)4-8-22-9-5-16(6-10-22)13-20-18-17-12-15(3)21-23(17)11-7-19-18/h7,11-12,14,16H,4-6,8-10,13H2,1-3H3,(H,19,20). The van der Waals surface area contributed by atoms with Crippen LogP contribution in [0.25, 0.3) is 5.52 Å². The number of anilines is 1. The van der Waals surface area contributed by atoms with Crippen LogP contribution in [0.2, 0.25) is 0 Å². The second-order valence-corrected chi connectivity index (χ2v) is 7.24. The molecule has 0 aromatic carbocycles. The molecule has 3 heterocycles. The fraction of sp³-hybridized carbons (Fsp3) is 0.667. The van der Waals surface area contributed by atoms with Crippen molar-refractivity contribution in [2.24, 2.45) is 11.8 Å². The van der Waals surface area contributed by atoms with Crippen LogP contribution < -0.4 is 5.32 Å². The van der Waals surface area contributed by atoms with Gasteiger partial charge in [-0.2, -0.15) is 5.10 Å². The van der Waals surface area contributed by atoms with E-state index in [4.69, 9.17) is 0 Å². The van der Waals surface area contributed by atoms with Crippen LogP contribution in [0.15, 0.2) is 18.5 Å². The average molecular weight is 315 g/mol. The molecule has 23 heavy (non-hydrogen) atoms. The topological polar surface area (TPSA) is 45.5 Å². The predicted octanol–water partition coefficient (Wildman–Crippen LogP) is 3.21. The maximum Gasteiger partial charge on any atom is 0.152 e. The summed E-state index contributed by atoms with van der Waals surface area (Å²) in [6.07, 6.45) is 7.60. The van der Waals surface area contributed by atoms with Gasteiger partial charge in [-0.25, -0.2) is 9.50 Å². The molecule has 1 fully saturated rings. The van der Waals surface area contributed by atoms with Gasteiger partial charge in [-0.15, -0.1) is 0 Å². The number of nitrogens with one attached hydrogen (secondary N) is 1. The molecule has 3 rings (SSSR count). The Hall–Kier alpha value is -1.62. The van der Waals surface area contributed by atoms with Crippen LogP contribution in [0.5, 0.6) is 0 Å². The number of rotatable bonds is 6. The van der Waals surface area contributed by atoms with Gasteiger partial charge in [-0.1, -0.05) is 13.8 Å². The summed E-state index contributed by atoms with van der Waals surface area (Å²) in [5.74, 6) is 2.51. The molecule has 1 saturated heterocycles. The normalized spacial score (nSPS) is 17.2. The van der Waals surface area contributed by atoms with E-state index in [-0.39, 0.29) is 0 Å². The van der Waals surface area contributed by atoms with Crippen LogP contribution in [0.1, 0.15) is 38.8 Å². The highest BCUT2D eigenvalue weighted by atomic mass is 15.2. The van der Waals surface area contributed by atoms with Crippen LogP contribution in [-0.4, -0.2) is 45.7 Å². The van der Waals surface area contributed by atoms with Crippen molar-refractivity contribution in [2.45, 2.75) is 40.0 Å². The molecule has 2 aromatic heterocycles. The van der Waals surface area contributed by atoms with Crippen LogP contribution in [0.3, 0.4) is 0 Å². The van der Waals surface area contributed by atoms with Gasteiger partial charge < -0.3 is 10.2 Å². The van der Waals surface area contributed by atoms with Gasteiger partial charge >= 0.3 is 0 Å². The van der Waals surface area contributed by atoms with Gasteiger partial charge in [0.1, 0.15) is 5.52 Å². The predicted molar refractivity (Wildman–Crippen MR) is 94.8 cm³/mol. The van der Waals surface area contributed by atoms with Gasteiger partial charge in [-0.3, -0.25) is 0 Å². The van der Waals surface area contributed by atoms with E-state index in [2.05, 4.69) is 40.2 Å². The molecule has 1 aliphatic heterocycles. The molecule has 0 saturated carbocycles. The number of likely N-dealkylation sites (tertiary alicyclic amines) is 1. The summed E-state index contributed by atoms with van der Waals surface area (Å²) in [4.78, 5) is 7.11. The lowest BCUT2D eigenvalue weighted by molar-refractivity contribution is 0.181. The van der Waals surface area contributed by atoms with Crippen molar-refractivity contribution in [3.63, 3.8) is 0 Å². The summed E-state index contributed by atoms with van der Waals surface area (Å²) >= 11 is 0. The fourth-order valence-corrected chi connectivity index (χ4v) is 3.28. The third-order valence-corrected chi connectivity index (χ3v) is 4.80. The van der Waals surface area contributed by atoms with Crippen molar-refractivity contribution in [2.75, 3.05) is 31.5 Å². The van der Waals surface area contributed by atoms with Crippen molar-refractivity contribution >= 4 is 11.3 Å². The van der Waals surface area contributed by atoms with E-state index in [1.165, 1.54) is 38.9 Å². The molecule has 0 unspecified atom stereocenters. The first kappa shape index (κ1) is 16.2. The molecule has 2 aromatic rings. The van der Waals surface area contributed by atoms with Crippen LogP contribution in [0.4, 0.5) is 5.82 Å². The first-order valence-electron chi connectivity index (χ1n) is 8.89. The Bertz CT molecular complexity index is 625. The Kier molecular flexibility index (Phi) is 5.16. The lowest BCUT2D eigenvalue weighted by Crippen LogP contribution is -2.36. The molecule has 0 amide bonds. The van der Waals surface area contributed by atoms with Crippen molar-refractivity contribution in [3.05, 3.63) is 24.2 Å². The summed E-state index contributed by atoms with van der Waals surface area (Å²) < 4.78 is 1.90. The van der Waals surface area contributed by atoms with Gasteiger partial charge in [0.15, 0.2) is 5.82 Å². The van der Waals surface area contributed by atoms with E-state index >= 15 is 0 Å². The summed E-state index contributed by atoms with van der Waals surface area (Å²) in [7, 11) is 0. The second-order valence-electron chi connectivity index (χ2n) is 7.24. The molecule has 0 radical (unpaired) electrons. The van der Waals surface area contributed by atoms with E-state index < -0.39 is 0 Å². The Balaban J connectivity index is 1.49. The summed E-state index contributed by atoms with van der Waals surface area (Å²) in [6.45, 7) is 11.4. The van der Waals surface area contributed by atoms with E-state index in [1.807, 2.05) is 23.8 Å². The number of piperidine rings is 1. The molecule has 0 bridgehead atoms. The number of nitrogens with zero attached hydrogens (tertiary/aromatic N) is 4. The number of fused-ring (bicyclic) bond motifs is 1. The number of hydrogen-bond donors (Lipinski definition) is 1. The van der Waals surface area contributed by atoms with Crippen LogP contribution >= 0.6 is 0 Å². The zero-order chi connectivity index (χ0) is 16.2. The Morgan fingerprint density at radius 1 is 1.30 bits per heavy atom. The third-order valence-electron chi connectivity index (χ3n) is 4.80. The molecule has 0 spiro atoms. The van der Waals surface area contributed by atoms with Gasteiger partial charge in [0.2, 0.25) is 0 Å². The number of aryl methyl sites for hydroxylation is 1. The second kappa shape index (κ2) is 7.30. The minimum Gasteiger partial charge on any atom is -0.368 e. The smallest absolute Gasteiger partial charge is 0.152 e. The lowest BCUT2D eigenvalue weighted by Gasteiger charge is -2.32. The monoisotopic (exact) mass is 315 g/mol. The minimum absolute atomic E-state index is 0.747. The van der Waals surface area contributed by atoms with E-state index in [0.717, 1.165) is 35.4 Å². The maximum absolute atomic E-state index is 4.49. The quantitative estimate of drug-likeness (QED) is 0.889. The molecule has 126 valence electrons. The van der Waals surface area contributed by atoms with Gasteiger partial charge in [-0.05, 0) is 63.7 Å².